The van der Waals surface area contributed by atoms with E-state index >= 15 is 4.39 Å². The van der Waals surface area contributed by atoms with Gasteiger partial charge in [0.1, 0.15) is 24.0 Å². The minimum atomic E-state index is -3.24. The number of ether oxygens (including phenoxy) is 2. The van der Waals surface area contributed by atoms with Crippen LogP contribution in [0.25, 0.3) is 0 Å². The van der Waals surface area contributed by atoms with Crippen LogP contribution in [0, 0.1) is 0 Å². The first kappa shape index (κ1) is 28.7. The summed E-state index contributed by atoms with van der Waals surface area (Å²) in [5.74, 6) is -0.473. The van der Waals surface area contributed by atoms with Gasteiger partial charge in [-0.15, -0.1) is 0 Å². The molecule has 0 spiro atoms. The van der Waals surface area contributed by atoms with Crippen molar-refractivity contribution in [3.63, 3.8) is 0 Å². The smallest absolute Gasteiger partial charge is 0.331 e. The van der Waals surface area contributed by atoms with Crippen LogP contribution < -0.4 is 15.8 Å². The number of para-hydroxylation sites is 1. The van der Waals surface area contributed by atoms with E-state index in [4.69, 9.17) is 18.8 Å². The molecule has 12 nitrogen and oxygen atoms in total. The average Bonchev–Trinajstić information content (AvgIpc) is 3.08. The van der Waals surface area contributed by atoms with Gasteiger partial charge in [-0.1, -0.05) is 30.0 Å². The van der Waals surface area contributed by atoms with E-state index in [9.17, 15) is 24.1 Å². The van der Waals surface area contributed by atoms with Gasteiger partial charge in [-0.3, -0.25) is 28.5 Å². The van der Waals surface area contributed by atoms with Gasteiger partial charge < -0.3 is 19.1 Å². The highest BCUT2D eigenvalue weighted by molar-refractivity contribution is 7.36. The number of alkyl halides is 1. The predicted molar refractivity (Wildman–Crippen MR) is 130 cm³/mol. The van der Waals surface area contributed by atoms with E-state index in [0.717, 1.165) is 28.6 Å². The Morgan fingerprint density at radius 1 is 1.30 bits per heavy atom. The van der Waals surface area contributed by atoms with Crippen LogP contribution in [0.15, 0.2) is 52.2 Å². The van der Waals surface area contributed by atoms with Crippen LogP contribution in [-0.4, -0.2) is 62.1 Å². The van der Waals surface area contributed by atoms with E-state index in [-0.39, 0.29) is 5.75 Å². The lowest BCUT2D eigenvalue weighted by Gasteiger charge is -2.28. The molecule has 14 heteroatoms. The van der Waals surface area contributed by atoms with Gasteiger partial charge >= 0.3 is 19.8 Å². The molecule has 7 atom stereocenters. The van der Waals surface area contributed by atoms with Crippen LogP contribution in [-0.2, 0) is 23.7 Å². The summed E-state index contributed by atoms with van der Waals surface area (Å²) in [6.45, 7) is 5.41. The maximum atomic E-state index is 15.5. The lowest BCUT2D eigenvalue weighted by atomic mass is 9.98. The van der Waals surface area contributed by atoms with Crippen molar-refractivity contribution < 1.29 is 37.7 Å². The van der Waals surface area contributed by atoms with E-state index in [1.54, 1.807) is 37.3 Å². The number of nitrogens with one attached hydrogen (secondary N) is 1. The van der Waals surface area contributed by atoms with E-state index in [1.807, 2.05) is 11.9 Å². The van der Waals surface area contributed by atoms with Crippen molar-refractivity contribution in [2.24, 2.45) is 0 Å². The summed E-state index contributed by atoms with van der Waals surface area (Å²) in [6.07, 6.45) is -3.52. The highest BCUT2D eigenvalue weighted by Gasteiger charge is 2.55. The average molecular weight is 543 g/mol. The zero-order valence-corrected chi connectivity index (χ0v) is 21.8. The molecule has 1 aliphatic rings. The van der Waals surface area contributed by atoms with Gasteiger partial charge in [0.05, 0.1) is 12.7 Å². The highest BCUT2D eigenvalue weighted by Crippen LogP contribution is 2.41. The zero-order chi connectivity index (χ0) is 27.3. The number of carbonyl (C=O) groups is 1. The lowest BCUT2D eigenvalue weighted by molar-refractivity contribution is -0.183. The zero-order valence-electron chi connectivity index (χ0n) is 20.8. The minimum absolute atomic E-state index is 0.258. The second-order valence-electron chi connectivity index (χ2n) is 8.77. The fourth-order valence-electron chi connectivity index (χ4n) is 3.55. The normalized spacial score (nSPS) is 26.0. The number of aromatic nitrogens is 2. The summed E-state index contributed by atoms with van der Waals surface area (Å²) in [7, 11) is -3.24. The second-order valence-corrected chi connectivity index (χ2v) is 9.95. The number of aliphatic hydroxyl groups excluding tert-OH is 1. The minimum Gasteiger partial charge on any atom is -0.461 e. The molecule has 1 saturated heterocycles. The number of halogens is 1. The van der Waals surface area contributed by atoms with Crippen molar-refractivity contribution in [1.82, 2.24) is 14.4 Å². The molecule has 1 aromatic heterocycles. The molecule has 3 rings (SSSR count). The first-order valence-corrected chi connectivity index (χ1v) is 13.0. The van der Waals surface area contributed by atoms with Crippen LogP contribution in [0.3, 0.4) is 0 Å². The Morgan fingerprint density at radius 3 is 2.59 bits per heavy atom. The van der Waals surface area contributed by atoms with Crippen LogP contribution in [0.5, 0.6) is 5.75 Å². The summed E-state index contributed by atoms with van der Waals surface area (Å²) in [5.41, 5.74) is -4.08. The lowest BCUT2D eigenvalue weighted by Crippen LogP contribution is -2.44. The van der Waals surface area contributed by atoms with E-state index < -0.39 is 68.3 Å². The maximum Gasteiger partial charge on any atom is 0.331 e. The number of hydrogen-bond acceptors (Lipinski definition) is 9. The Morgan fingerprint density at radius 2 is 1.97 bits per heavy atom. The second kappa shape index (κ2) is 12.1. The van der Waals surface area contributed by atoms with Crippen LogP contribution in [0.2, 0.25) is 0 Å². The van der Waals surface area contributed by atoms with Gasteiger partial charge in [0.25, 0.3) is 5.56 Å². The van der Waals surface area contributed by atoms with E-state index in [1.165, 1.54) is 6.92 Å². The number of benzene rings is 1. The number of nitrogens with zero attached hydrogens (tertiary/aromatic N) is 2. The number of aliphatic hydroxyl groups is 1. The SMILES string of the molecule is CCC(C)OC(=O)[C@H](C)N(OC[C@H]1O[C@@H](n2ccc(=O)[nH]c2=O)[C@](C)(F)[C@@H]1O)[PH](=O)Oc1ccccc1. The molecule has 0 bridgehead atoms. The molecule has 1 aromatic carbocycles. The summed E-state index contributed by atoms with van der Waals surface area (Å²) in [4.78, 5) is 44.6. The molecule has 2 heterocycles. The van der Waals surface area contributed by atoms with Crippen LogP contribution in [0.4, 0.5) is 4.39 Å². The van der Waals surface area contributed by atoms with Crippen molar-refractivity contribution in [2.45, 2.75) is 70.4 Å². The number of hydrogen-bond donors (Lipinski definition) is 2. The van der Waals surface area contributed by atoms with Gasteiger partial charge in [0.15, 0.2) is 11.9 Å². The largest absolute Gasteiger partial charge is 0.461 e. The Labute approximate surface area is 212 Å². The topological polar surface area (TPSA) is 149 Å². The van der Waals surface area contributed by atoms with Gasteiger partial charge in [-0.25, -0.2) is 9.18 Å². The molecule has 204 valence electrons. The summed E-state index contributed by atoms with van der Waals surface area (Å²) in [5, 5.41) is 10.6. The molecule has 0 radical (unpaired) electrons. The first-order chi connectivity index (χ1) is 17.4. The molecular formula is C23H31FN3O9P. The third kappa shape index (κ3) is 6.74. The van der Waals surface area contributed by atoms with Crippen molar-refractivity contribution >= 4 is 14.1 Å². The molecule has 1 fully saturated rings. The van der Waals surface area contributed by atoms with Crippen molar-refractivity contribution in [3.8, 4) is 5.75 Å². The van der Waals surface area contributed by atoms with Crippen molar-refractivity contribution in [1.29, 1.82) is 0 Å². The third-order valence-corrected chi connectivity index (χ3v) is 7.20. The molecule has 2 aromatic rings. The van der Waals surface area contributed by atoms with Crippen molar-refractivity contribution in [3.05, 3.63) is 63.4 Å². The van der Waals surface area contributed by atoms with E-state index in [0.29, 0.717) is 6.42 Å². The molecule has 0 saturated carbocycles. The third-order valence-electron chi connectivity index (χ3n) is 5.91. The van der Waals surface area contributed by atoms with Gasteiger partial charge in [0, 0.05) is 12.3 Å². The first-order valence-electron chi connectivity index (χ1n) is 11.7. The predicted octanol–water partition coefficient (Wildman–Crippen LogP) is 1.96. The summed E-state index contributed by atoms with van der Waals surface area (Å²) >= 11 is 0. The maximum absolute atomic E-state index is 15.5. The number of rotatable bonds is 11. The fourth-order valence-corrected chi connectivity index (χ4v) is 4.58. The molecule has 1 aliphatic heterocycles. The van der Waals surface area contributed by atoms with Crippen LogP contribution in [0.1, 0.15) is 40.3 Å². The Balaban J connectivity index is 1.79. The number of esters is 1. The molecule has 2 N–H and O–H groups in total. The number of H-pyrrole nitrogens is 1. The summed E-state index contributed by atoms with van der Waals surface area (Å²) < 4.78 is 45.7. The Hall–Kier alpha value is -2.83. The monoisotopic (exact) mass is 543 g/mol. The Kier molecular flexibility index (Phi) is 9.43. The van der Waals surface area contributed by atoms with E-state index in [2.05, 4.69) is 0 Å². The van der Waals surface area contributed by atoms with Gasteiger partial charge in [-0.05, 0) is 39.3 Å². The Bertz CT molecular complexity index is 1210. The fraction of sp³-hybridized carbons (Fsp3) is 0.522. The molecule has 0 aliphatic carbocycles. The quantitative estimate of drug-likeness (QED) is 0.245. The molecular weight excluding hydrogens is 512 g/mol. The van der Waals surface area contributed by atoms with Gasteiger partial charge in [0.2, 0.25) is 0 Å². The number of carbonyl (C=O) groups excluding carboxylic acids is 1. The molecule has 0 amide bonds. The molecule has 2 unspecified atom stereocenters. The standard InChI is InChI=1S/C23H31FN3O9P/c1-5-14(2)34-20(30)15(3)27(37(32)36-16-9-7-6-8-10-16)33-13-17-19(29)23(4,24)21(35-17)26-12-11-18(28)25-22(26)31/h6-12,14-15,17,19,21,29,37H,5,13H2,1-4H3,(H,25,28,31)/t14?,15-,17+,19+,21+,23+/m0/s1. The molecule has 37 heavy (non-hydrogen) atoms. The highest BCUT2D eigenvalue weighted by atomic mass is 31.1. The van der Waals surface area contributed by atoms with Gasteiger partial charge in [-0.2, -0.15) is 0 Å². The number of hydroxylamine groups is 1. The van der Waals surface area contributed by atoms with Crippen LogP contribution >= 0.6 is 8.18 Å². The van der Waals surface area contributed by atoms with Crippen molar-refractivity contribution in [2.75, 3.05) is 6.61 Å². The summed E-state index contributed by atoms with van der Waals surface area (Å²) in [6, 6.07) is 8.01. The number of aromatic amines is 1.